The molecule has 6 nitrogen and oxygen atoms in total. The molecule has 1 amide bonds. The standard InChI is InChI=1S/C12H14N2O4/c15-11(14-9-2-1-5-18-7-9)10-6-8(12(16)17)3-4-13-10/h3-4,6,9H,1-2,5,7H2,(H,14,15)(H,16,17). The molecule has 6 heteroatoms. The maximum Gasteiger partial charge on any atom is 0.335 e. The Morgan fingerprint density at radius 1 is 1.50 bits per heavy atom. The quantitative estimate of drug-likeness (QED) is 0.823. The number of carboxylic acid groups (broad SMARTS) is 1. The Hall–Kier alpha value is -1.95. The van der Waals surface area contributed by atoms with Crippen LogP contribution in [0.25, 0.3) is 0 Å². The third-order valence-corrected chi connectivity index (χ3v) is 2.74. The summed E-state index contributed by atoms with van der Waals surface area (Å²) in [5.74, 6) is -1.44. The average Bonchev–Trinajstić information content (AvgIpc) is 2.40. The van der Waals surface area contributed by atoms with Gasteiger partial charge in [0.2, 0.25) is 0 Å². The van der Waals surface area contributed by atoms with E-state index in [4.69, 9.17) is 9.84 Å². The van der Waals surface area contributed by atoms with Crippen molar-refractivity contribution in [3.8, 4) is 0 Å². The van der Waals surface area contributed by atoms with Crippen LogP contribution in [0.5, 0.6) is 0 Å². The Labute approximate surface area is 104 Å². The minimum absolute atomic E-state index is 0.0264. The van der Waals surface area contributed by atoms with Gasteiger partial charge in [-0.25, -0.2) is 4.79 Å². The van der Waals surface area contributed by atoms with Gasteiger partial charge < -0.3 is 15.2 Å². The van der Waals surface area contributed by atoms with Crippen LogP contribution in [0.2, 0.25) is 0 Å². The molecule has 1 fully saturated rings. The average molecular weight is 250 g/mol. The smallest absolute Gasteiger partial charge is 0.335 e. The molecule has 1 unspecified atom stereocenters. The van der Waals surface area contributed by atoms with Crippen LogP contribution in [0, 0.1) is 0 Å². The number of nitrogens with one attached hydrogen (secondary N) is 1. The molecule has 2 rings (SSSR count). The number of hydrogen-bond acceptors (Lipinski definition) is 4. The lowest BCUT2D eigenvalue weighted by molar-refractivity contribution is 0.0622. The third-order valence-electron chi connectivity index (χ3n) is 2.74. The summed E-state index contributed by atoms with van der Waals surface area (Å²) < 4.78 is 5.25. The molecule has 2 heterocycles. The number of amides is 1. The van der Waals surface area contributed by atoms with Gasteiger partial charge in [0.25, 0.3) is 5.91 Å². The normalized spacial score (nSPS) is 19.2. The Bertz CT molecular complexity index is 455. The SMILES string of the molecule is O=C(O)c1ccnc(C(=O)NC2CCCOC2)c1. The number of carboxylic acids is 1. The Balaban J connectivity index is 2.03. The maximum absolute atomic E-state index is 11.9. The van der Waals surface area contributed by atoms with Crippen molar-refractivity contribution in [2.24, 2.45) is 0 Å². The van der Waals surface area contributed by atoms with Crippen molar-refractivity contribution in [3.63, 3.8) is 0 Å². The summed E-state index contributed by atoms with van der Waals surface area (Å²) in [7, 11) is 0. The number of rotatable bonds is 3. The fraction of sp³-hybridized carbons (Fsp3) is 0.417. The van der Waals surface area contributed by atoms with Crippen molar-refractivity contribution in [1.29, 1.82) is 0 Å². The molecular formula is C12H14N2O4. The number of aromatic carboxylic acids is 1. The maximum atomic E-state index is 11.9. The monoisotopic (exact) mass is 250 g/mol. The Kier molecular flexibility index (Phi) is 3.88. The highest BCUT2D eigenvalue weighted by atomic mass is 16.5. The van der Waals surface area contributed by atoms with Crippen LogP contribution in [-0.4, -0.2) is 41.2 Å². The van der Waals surface area contributed by atoms with Crippen LogP contribution >= 0.6 is 0 Å². The highest BCUT2D eigenvalue weighted by Gasteiger charge is 2.18. The first kappa shape index (κ1) is 12.5. The first-order valence-corrected chi connectivity index (χ1v) is 5.75. The minimum Gasteiger partial charge on any atom is -0.478 e. The summed E-state index contributed by atoms with van der Waals surface area (Å²) in [6, 6.07) is 2.59. The van der Waals surface area contributed by atoms with Gasteiger partial charge in [-0.3, -0.25) is 9.78 Å². The fourth-order valence-corrected chi connectivity index (χ4v) is 1.80. The highest BCUT2D eigenvalue weighted by molar-refractivity contribution is 5.95. The van der Waals surface area contributed by atoms with Gasteiger partial charge >= 0.3 is 5.97 Å². The van der Waals surface area contributed by atoms with E-state index in [9.17, 15) is 9.59 Å². The molecule has 0 radical (unpaired) electrons. The lowest BCUT2D eigenvalue weighted by atomic mass is 10.1. The second-order valence-corrected chi connectivity index (χ2v) is 4.12. The van der Waals surface area contributed by atoms with Crippen molar-refractivity contribution >= 4 is 11.9 Å². The number of ether oxygens (including phenoxy) is 1. The van der Waals surface area contributed by atoms with Crippen LogP contribution < -0.4 is 5.32 Å². The molecule has 1 aromatic heterocycles. The zero-order chi connectivity index (χ0) is 13.0. The number of aromatic nitrogens is 1. The van der Waals surface area contributed by atoms with Crippen LogP contribution in [0.1, 0.15) is 33.7 Å². The zero-order valence-corrected chi connectivity index (χ0v) is 9.76. The van der Waals surface area contributed by atoms with E-state index in [0.29, 0.717) is 6.61 Å². The van der Waals surface area contributed by atoms with Crippen LogP contribution in [0.3, 0.4) is 0 Å². The molecular weight excluding hydrogens is 236 g/mol. The molecule has 2 N–H and O–H groups in total. The summed E-state index contributed by atoms with van der Waals surface area (Å²) in [5.41, 5.74) is 0.163. The molecule has 1 saturated heterocycles. The van der Waals surface area contributed by atoms with Gasteiger partial charge in [0.15, 0.2) is 0 Å². The van der Waals surface area contributed by atoms with Gasteiger partial charge in [0.1, 0.15) is 5.69 Å². The topological polar surface area (TPSA) is 88.5 Å². The van der Waals surface area contributed by atoms with Crippen LogP contribution in [0.4, 0.5) is 0 Å². The molecule has 1 aliphatic heterocycles. The van der Waals surface area contributed by atoms with Crippen molar-refractivity contribution in [1.82, 2.24) is 10.3 Å². The van der Waals surface area contributed by atoms with Crippen LogP contribution in [0.15, 0.2) is 18.3 Å². The molecule has 0 bridgehead atoms. The molecule has 0 saturated carbocycles. The first-order valence-electron chi connectivity index (χ1n) is 5.75. The van der Waals surface area contributed by atoms with E-state index in [-0.39, 0.29) is 23.2 Å². The summed E-state index contributed by atoms with van der Waals surface area (Å²) in [4.78, 5) is 26.5. The summed E-state index contributed by atoms with van der Waals surface area (Å²) in [6.45, 7) is 1.21. The lowest BCUT2D eigenvalue weighted by Crippen LogP contribution is -2.40. The highest BCUT2D eigenvalue weighted by Crippen LogP contribution is 2.07. The van der Waals surface area contributed by atoms with E-state index >= 15 is 0 Å². The second-order valence-electron chi connectivity index (χ2n) is 4.12. The second kappa shape index (κ2) is 5.59. The first-order chi connectivity index (χ1) is 8.66. The van der Waals surface area contributed by atoms with E-state index in [0.717, 1.165) is 19.4 Å². The predicted octanol–water partition coefficient (Wildman–Crippen LogP) is 0.689. The Morgan fingerprint density at radius 3 is 3.00 bits per heavy atom. The fourth-order valence-electron chi connectivity index (χ4n) is 1.80. The number of carbonyl (C=O) groups excluding carboxylic acids is 1. The van der Waals surface area contributed by atoms with Gasteiger partial charge in [-0.2, -0.15) is 0 Å². The molecule has 1 atom stereocenters. The molecule has 96 valence electrons. The number of pyridine rings is 1. The van der Waals surface area contributed by atoms with E-state index in [1.165, 1.54) is 18.3 Å². The molecule has 18 heavy (non-hydrogen) atoms. The summed E-state index contributed by atoms with van der Waals surface area (Å²) in [5, 5.41) is 11.6. The largest absolute Gasteiger partial charge is 0.478 e. The summed E-state index contributed by atoms with van der Waals surface area (Å²) >= 11 is 0. The van der Waals surface area contributed by atoms with E-state index < -0.39 is 5.97 Å². The van der Waals surface area contributed by atoms with Gasteiger partial charge in [-0.15, -0.1) is 0 Å². The number of hydrogen-bond donors (Lipinski definition) is 2. The van der Waals surface area contributed by atoms with Gasteiger partial charge in [-0.1, -0.05) is 0 Å². The van der Waals surface area contributed by atoms with Crippen molar-refractivity contribution in [2.75, 3.05) is 13.2 Å². The summed E-state index contributed by atoms with van der Waals surface area (Å²) in [6.07, 6.45) is 3.09. The lowest BCUT2D eigenvalue weighted by Gasteiger charge is -2.22. The molecule has 0 aliphatic carbocycles. The van der Waals surface area contributed by atoms with Crippen molar-refractivity contribution < 1.29 is 19.4 Å². The van der Waals surface area contributed by atoms with E-state index in [2.05, 4.69) is 10.3 Å². The molecule has 1 aliphatic rings. The van der Waals surface area contributed by atoms with Gasteiger partial charge in [0.05, 0.1) is 18.2 Å². The van der Waals surface area contributed by atoms with Crippen molar-refractivity contribution in [3.05, 3.63) is 29.6 Å². The van der Waals surface area contributed by atoms with E-state index in [1.807, 2.05) is 0 Å². The van der Waals surface area contributed by atoms with E-state index in [1.54, 1.807) is 0 Å². The van der Waals surface area contributed by atoms with Crippen LogP contribution in [-0.2, 0) is 4.74 Å². The number of carbonyl (C=O) groups is 2. The van der Waals surface area contributed by atoms with Crippen molar-refractivity contribution in [2.45, 2.75) is 18.9 Å². The predicted molar refractivity (Wildman–Crippen MR) is 62.5 cm³/mol. The zero-order valence-electron chi connectivity index (χ0n) is 9.76. The third kappa shape index (κ3) is 3.04. The minimum atomic E-state index is -1.08. The molecule has 0 spiro atoms. The van der Waals surface area contributed by atoms with Gasteiger partial charge in [0, 0.05) is 12.8 Å². The number of nitrogens with zero attached hydrogens (tertiary/aromatic N) is 1. The molecule has 0 aromatic carbocycles. The Morgan fingerprint density at radius 2 is 2.33 bits per heavy atom. The van der Waals surface area contributed by atoms with Gasteiger partial charge in [-0.05, 0) is 25.0 Å². The molecule has 1 aromatic rings.